The number of benzene rings is 2. The van der Waals surface area contributed by atoms with Gasteiger partial charge in [0.25, 0.3) is 0 Å². The number of rotatable bonds is 8. The molecular formula is C26H33N5O4. The normalized spacial score (nSPS) is 19.2. The highest BCUT2D eigenvalue weighted by molar-refractivity contribution is 5.97. The SMILES string of the molecule is CCN1CCN(CC(=O)N2CCNC(=O)[C@H]2CC(=O)Nc2ccc(Oc3ccccc3)cc2)CC1. The number of nitrogens with one attached hydrogen (secondary N) is 2. The van der Waals surface area contributed by atoms with E-state index in [1.807, 2.05) is 30.3 Å². The minimum Gasteiger partial charge on any atom is -0.457 e. The summed E-state index contributed by atoms with van der Waals surface area (Å²) in [6.07, 6.45) is -0.0938. The molecule has 9 heteroatoms. The Morgan fingerprint density at radius 2 is 1.60 bits per heavy atom. The van der Waals surface area contributed by atoms with Gasteiger partial charge in [0, 0.05) is 45.0 Å². The summed E-state index contributed by atoms with van der Waals surface area (Å²) >= 11 is 0. The molecule has 9 nitrogen and oxygen atoms in total. The third-order valence-electron chi connectivity index (χ3n) is 6.42. The second-order valence-corrected chi connectivity index (χ2v) is 8.80. The van der Waals surface area contributed by atoms with Crippen LogP contribution in [0.5, 0.6) is 11.5 Å². The molecule has 0 aliphatic carbocycles. The van der Waals surface area contributed by atoms with E-state index >= 15 is 0 Å². The molecule has 2 aromatic rings. The van der Waals surface area contributed by atoms with Crippen molar-refractivity contribution in [3.05, 3.63) is 54.6 Å². The van der Waals surface area contributed by atoms with Crippen molar-refractivity contribution in [3.8, 4) is 11.5 Å². The fourth-order valence-electron chi connectivity index (χ4n) is 4.38. The van der Waals surface area contributed by atoms with E-state index in [1.54, 1.807) is 29.2 Å². The van der Waals surface area contributed by atoms with Gasteiger partial charge in [-0.25, -0.2) is 0 Å². The minimum atomic E-state index is -0.811. The lowest BCUT2D eigenvalue weighted by Gasteiger charge is -2.38. The number of likely N-dealkylation sites (N-methyl/N-ethyl adjacent to an activating group) is 1. The molecule has 2 aliphatic heterocycles. The number of hydrogen-bond acceptors (Lipinski definition) is 6. The summed E-state index contributed by atoms with van der Waals surface area (Å²) < 4.78 is 5.77. The smallest absolute Gasteiger partial charge is 0.243 e. The predicted molar refractivity (Wildman–Crippen MR) is 133 cm³/mol. The number of hydrogen-bond donors (Lipinski definition) is 2. The van der Waals surface area contributed by atoms with Gasteiger partial charge in [-0.1, -0.05) is 25.1 Å². The highest BCUT2D eigenvalue weighted by atomic mass is 16.5. The van der Waals surface area contributed by atoms with Crippen LogP contribution in [-0.2, 0) is 14.4 Å². The summed E-state index contributed by atoms with van der Waals surface area (Å²) in [7, 11) is 0. The zero-order valence-electron chi connectivity index (χ0n) is 20.1. The van der Waals surface area contributed by atoms with Gasteiger partial charge in [-0.3, -0.25) is 19.3 Å². The average Bonchev–Trinajstić information content (AvgIpc) is 2.87. The van der Waals surface area contributed by atoms with Crippen molar-refractivity contribution in [3.63, 3.8) is 0 Å². The van der Waals surface area contributed by atoms with Crippen LogP contribution >= 0.6 is 0 Å². The van der Waals surface area contributed by atoms with Crippen molar-refractivity contribution in [2.75, 3.05) is 57.7 Å². The molecule has 2 saturated heterocycles. The summed E-state index contributed by atoms with van der Waals surface area (Å²) in [6, 6.07) is 15.7. The summed E-state index contributed by atoms with van der Waals surface area (Å²) in [5.41, 5.74) is 0.596. The standard InChI is InChI=1S/C26H33N5O4/c1-2-29-14-16-30(17-15-29)19-25(33)31-13-12-27-26(34)23(31)18-24(32)28-20-8-10-22(11-9-20)35-21-6-4-3-5-7-21/h3-11,23H,2,12-19H2,1H3,(H,27,34)(H,28,32)/t23-/m1/s1. The van der Waals surface area contributed by atoms with Gasteiger partial charge < -0.3 is 25.2 Å². The first-order chi connectivity index (χ1) is 17.0. The Labute approximate surface area is 206 Å². The number of carbonyl (C=O) groups is 3. The summed E-state index contributed by atoms with van der Waals surface area (Å²) in [5.74, 6) is 0.660. The number of amides is 3. The maximum Gasteiger partial charge on any atom is 0.243 e. The second kappa shape index (κ2) is 11.8. The minimum absolute atomic E-state index is 0.0938. The van der Waals surface area contributed by atoms with E-state index in [2.05, 4.69) is 27.4 Å². The number of nitrogens with zero attached hydrogens (tertiary/aromatic N) is 3. The van der Waals surface area contributed by atoms with Crippen LogP contribution in [0.4, 0.5) is 5.69 Å². The molecule has 0 spiro atoms. The molecule has 2 fully saturated rings. The number of para-hydroxylation sites is 1. The number of piperazine rings is 2. The largest absolute Gasteiger partial charge is 0.457 e. The molecule has 2 aliphatic rings. The zero-order chi connectivity index (χ0) is 24.6. The van der Waals surface area contributed by atoms with E-state index in [-0.39, 0.29) is 30.7 Å². The van der Waals surface area contributed by atoms with Gasteiger partial charge in [0.15, 0.2) is 0 Å². The molecule has 2 aromatic carbocycles. The molecule has 2 heterocycles. The molecule has 35 heavy (non-hydrogen) atoms. The van der Waals surface area contributed by atoms with E-state index < -0.39 is 6.04 Å². The van der Waals surface area contributed by atoms with Crippen LogP contribution < -0.4 is 15.4 Å². The lowest BCUT2D eigenvalue weighted by Crippen LogP contribution is -2.60. The Bertz CT molecular complexity index is 1010. The monoisotopic (exact) mass is 479 g/mol. The molecule has 0 aromatic heterocycles. The van der Waals surface area contributed by atoms with Crippen LogP contribution in [0.25, 0.3) is 0 Å². The summed E-state index contributed by atoms with van der Waals surface area (Å²) in [5, 5.41) is 5.61. The van der Waals surface area contributed by atoms with Crippen molar-refractivity contribution in [1.82, 2.24) is 20.0 Å². The lowest BCUT2D eigenvalue weighted by molar-refractivity contribution is -0.145. The number of ether oxygens (including phenoxy) is 1. The third kappa shape index (κ3) is 6.80. The van der Waals surface area contributed by atoms with E-state index in [0.29, 0.717) is 24.5 Å². The molecule has 0 unspecified atom stereocenters. The molecule has 0 radical (unpaired) electrons. The predicted octanol–water partition coefficient (Wildman–Crippen LogP) is 1.77. The van der Waals surface area contributed by atoms with Crippen molar-refractivity contribution in [1.29, 1.82) is 0 Å². The first-order valence-corrected chi connectivity index (χ1v) is 12.2. The van der Waals surface area contributed by atoms with E-state index in [1.165, 1.54) is 0 Å². The molecule has 3 amide bonds. The Kier molecular flexibility index (Phi) is 8.33. The maximum atomic E-state index is 13.0. The Morgan fingerprint density at radius 1 is 0.943 bits per heavy atom. The van der Waals surface area contributed by atoms with Gasteiger partial charge in [0.1, 0.15) is 17.5 Å². The molecule has 4 rings (SSSR count). The van der Waals surface area contributed by atoms with Crippen LogP contribution in [0.15, 0.2) is 54.6 Å². The molecule has 0 bridgehead atoms. The number of anilines is 1. The fraction of sp³-hybridized carbons (Fsp3) is 0.423. The van der Waals surface area contributed by atoms with Gasteiger partial charge in [-0.05, 0) is 42.9 Å². The van der Waals surface area contributed by atoms with E-state index in [0.717, 1.165) is 38.5 Å². The van der Waals surface area contributed by atoms with E-state index in [9.17, 15) is 14.4 Å². The first kappa shape index (κ1) is 24.7. The van der Waals surface area contributed by atoms with Gasteiger partial charge >= 0.3 is 0 Å². The van der Waals surface area contributed by atoms with Gasteiger partial charge in [0.2, 0.25) is 17.7 Å². The van der Waals surface area contributed by atoms with Gasteiger partial charge in [-0.2, -0.15) is 0 Å². The van der Waals surface area contributed by atoms with Crippen LogP contribution in [0, 0.1) is 0 Å². The van der Waals surface area contributed by atoms with Crippen molar-refractivity contribution in [2.24, 2.45) is 0 Å². The van der Waals surface area contributed by atoms with Crippen LogP contribution in [0.2, 0.25) is 0 Å². The topological polar surface area (TPSA) is 94.2 Å². The summed E-state index contributed by atoms with van der Waals surface area (Å²) in [6.45, 7) is 7.74. The first-order valence-electron chi connectivity index (χ1n) is 12.2. The molecule has 186 valence electrons. The highest BCUT2D eigenvalue weighted by Crippen LogP contribution is 2.23. The third-order valence-corrected chi connectivity index (χ3v) is 6.42. The quantitative estimate of drug-likeness (QED) is 0.600. The Balaban J connectivity index is 1.31. The van der Waals surface area contributed by atoms with Gasteiger partial charge in [-0.15, -0.1) is 0 Å². The molecule has 0 saturated carbocycles. The Hall–Kier alpha value is -3.43. The van der Waals surface area contributed by atoms with Crippen molar-refractivity contribution < 1.29 is 19.1 Å². The zero-order valence-corrected chi connectivity index (χ0v) is 20.1. The van der Waals surface area contributed by atoms with Crippen LogP contribution in [0.1, 0.15) is 13.3 Å². The average molecular weight is 480 g/mol. The van der Waals surface area contributed by atoms with Crippen LogP contribution in [0.3, 0.4) is 0 Å². The van der Waals surface area contributed by atoms with Gasteiger partial charge in [0.05, 0.1) is 13.0 Å². The van der Waals surface area contributed by atoms with E-state index in [4.69, 9.17) is 4.74 Å². The highest BCUT2D eigenvalue weighted by Gasteiger charge is 2.35. The fourth-order valence-corrected chi connectivity index (χ4v) is 4.38. The second-order valence-electron chi connectivity index (χ2n) is 8.80. The Morgan fingerprint density at radius 3 is 2.29 bits per heavy atom. The number of carbonyl (C=O) groups excluding carboxylic acids is 3. The lowest BCUT2D eigenvalue weighted by atomic mass is 10.1. The molecule has 2 N–H and O–H groups in total. The van der Waals surface area contributed by atoms with Crippen molar-refractivity contribution in [2.45, 2.75) is 19.4 Å². The van der Waals surface area contributed by atoms with Crippen LogP contribution in [-0.4, -0.2) is 90.8 Å². The molecular weight excluding hydrogens is 446 g/mol. The summed E-state index contributed by atoms with van der Waals surface area (Å²) in [4.78, 5) is 44.4. The van der Waals surface area contributed by atoms with Crippen molar-refractivity contribution >= 4 is 23.4 Å². The maximum absolute atomic E-state index is 13.0. The molecule has 1 atom stereocenters.